The molecular formula is C34H50N4O6. The third kappa shape index (κ3) is 8.48. The van der Waals surface area contributed by atoms with Crippen molar-refractivity contribution in [3.8, 4) is 0 Å². The van der Waals surface area contributed by atoms with Gasteiger partial charge in [0.1, 0.15) is 17.7 Å². The lowest BCUT2D eigenvalue weighted by Crippen LogP contribution is -2.60. The summed E-state index contributed by atoms with van der Waals surface area (Å²) in [6.07, 6.45) is 3.73. The van der Waals surface area contributed by atoms with E-state index in [1.165, 1.54) is 4.90 Å². The van der Waals surface area contributed by atoms with Gasteiger partial charge in [-0.3, -0.25) is 19.2 Å². The molecule has 44 heavy (non-hydrogen) atoms. The van der Waals surface area contributed by atoms with Gasteiger partial charge in [-0.15, -0.1) is 0 Å². The van der Waals surface area contributed by atoms with Crippen molar-refractivity contribution < 1.29 is 28.7 Å². The molecule has 1 saturated heterocycles. The van der Waals surface area contributed by atoms with Gasteiger partial charge >= 0.3 is 6.09 Å². The van der Waals surface area contributed by atoms with Crippen molar-refractivity contribution in [2.24, 2.45) is 22.7 Å². The third-order valence-electron chi connectivity index (χ3n) is 8.46. The van der Waals surface area contributed by atoms with Gasteiger partial charge in [0, 0.05) is 13.1 Å². The van der Waals surface area contributed by atoms with Crippen LogP contribution in [0.3, 0.4) is 0 Å². The van der Waals surface area contributed by atoms with Crippen molar-refractivity contribution in [1.82, 2.24) is 20.9 Å². The van der Waals surface area contributed by atoms with Crippen LogP contribution in [0.5, 0.6) is 0 Å². The summed E-state index contributed by atoms with van der Waals surface area (Å²) in [7, 11) is 0. The number of hydrogen-bond acceptors (Lipinski definition) is 6. The molecule has 0 spiro atoms. The first-order chi connectivity index (χ1) is 20.4. The van der Waals surface area contributed by atoms with Crippen LogP contribution in [0, 0.1) is 22.7 Å². The largest absolute Gasteiger partial charge is 0.444 e. The fraction of sp³-hybridized carbons (Fsp3) is 0.618. The van der Waals surface area contributed by atoms with Crippen LogP contribution >= 0.6 is 0 Å². The summed E-state index contributed by atoms with van der Waals surface area (Å²) >= 11 is 0. The zero-order chi connectivity index (χ0) is 33.0. The van der Waals surface area contributed by atoms with Gasteiger partial charge in [0.15, 0.2) is 0 Å². The molecule has 10 heteroatoms. The van der Waals surface area contributed by atoms with Crippen LogP contribution in [-0.2, 0) is 23.9 Å². The van der Waals surface area contributed by atoms with E-state index in [0.717, 1.165) is 5.56 Å². The molecule has 4 amide bonds. The summed E-state index contributed by atoms with van der Waals surface area (Å²) in [5.41, 5.74) is -0.620. The molecular weight excluding hydrogens is 560 g/mol. The first-order valence-electron chi connectivity index (χ1n) is 15.5. The highest BCUT2D eigenvalue weighted by Crippen LogP contribution is 2.65. The Morgan fingerprint density at radius 2 is 1.66 bits per heavy atom. The Balaban J connectivity index is 1.74. The third-order valence-corrected chi connectivity index (χ3v) is 8.46. The molecule has 1 heterocycles. The standard InChI is InChI=1S/C34H50N4O6/c1-10-15-23(26(39)29(41)35-19-14-18-21-16-12-11-13-17-21)36-28(40)25-24-22(34(24,8)9)20-38(25)30(42)27(32(2,3)4)37-31(43)44-33(5,6)7/h11-14,16-18,22-25,27H,10,15,19-20H2,1-9H3,(H,35,41)(H,36,40)(H,37,43). The molecule has 3 N–H and O–H groups in total. The van der Waals surface area contributed by atoms with Gasteiger partial charge in [0.2, 0.25) is 17.6 Å². The molecule has 242 valence electrons. The van der Waals surface area contributed by atoms with Crippen LogP contribution in [0.2, 0.25) is 0 Å². The highest BCUT2D eigenvalue weighted by atomic mass is 16.6. The van der Waals surface area contributed by atoms with Crippen LogP contribution in [0.1, 0.15) is 80.7 Å². The molecule has 1 aliphatic heterocycles. The molecule has 1 aromatic rings. The average molecular weight is 611 g/mol. The van der Waals surface area contributed by atoms with E-state index < -0.39 is 52.8 Å². The van der Waals surface area contributed by atoms with Gasteiger partial charge in [-0.2, -0.15) is 0 Å². The number of likely N-dealkylation sites (tertiary alicyclic amines) is 1. The average Bonchev–Trinajstić information content (AvgIpc) is 3.24. The Bertz CT molecular complexity index is 1260. The minimum absolute atomic E-state index is 0.101. The predicted molar refractivity (Wildman–Crippen MR) is 169 cm³/mol. The maximum Gasteiger partial charge on any atom is 0.408 e. The van der Waals surface area contributed by atoms with E-state index in [-0.39, 0.29) is 36.1 Å². The number of carbonyl (C=O) groups is 5. The van der Waals surface area contributed by atoms with Crippen molar-refractivity contribution in [1.29, 1.82) is 0 Å². The number of Topliss-reactive ketones (excluding diaryl/α,β-unsaturated/α-hetero) is 1. The van der Waals surface area contributed by atoms with Crippen molar-refractivity contribution in [3.63, 3.8) is 0 Å². The van der Waals surface area contributed by atoms with Gasteiger partial charge in [-0.1, -0.05) is 90.4 Å². The van der Waals surface area contributed by atoms with Crippen molar-refractivity contribution >= 4 is 35.7 Å². The number of carbonyl (C=O) groups excluding carboxylic acids is 5. The summed E-state index contributed by atoms with van der Waals surface area (Å²) in [6.45, 7) is 17.3. The number of ether oxygens (including phenoxy) is 1. The normalized spacial score (nSPS) is 22.0. The quantitative estimate of drug-likeness (QED) is 0.323. The van der Waals surface area contributed by atoms with Crippen LogP contribution in [0.4, 0.5) is 4.79 Å². The summed E-state index contributed by atoms with van der Waals surface area (Å²) in [6, 6.07) is 6.77. The number of nitrogens with zero attached hydrogens (tertiary/aromatic N) is 1. The van der Waals surface area contributed by atoms with Crippen LogP contribution < -0.4 is 16.0 Å². The molecule has 5 atom stereocenters. The predicted octanol–water partition coefficient (Wildman–Crippen LogP) is 4.09. The van der Waals surface area contributed by atoms with E-state index in [2.05, 4.69) is 29.8 Å². The monoisotopic (exact) mass is 610 g/mol. The lowest BCUT2D eigenvalue weighted by molar-refractivity contribution is -0.145. The number of piperidine rings is 1. The smallest absolute Gasteiger partial charge is 0.408 e. The Morgan fingerprint density at radius 3 is 2.23 bits per heavy atom. The van der Waals surface area contributed by atoms with Crippen molar-refractivity contribution in [2.45, 2.75) is 98.9 Å². The molecule has 10 nitrogen and oxygen atoms in total. The van der Waals surface area contributed by atoms with E-state index >= 15 is 0 Å². The van der Waals surface area contributed by atoms with Crippen molar-refractivity contribution in [2.75, 3.05) is 13.1 Å². The molecule has 2 fully saturated rings. The number of nitrogens with one attached hydrogen (secondary N) is 3. The second-order valence-electron chi connectivity index (χ2n) is 14.6. The topological polar surface area (TPSA) is 134 Å². The number of alkyl carbamates (subject to hydrolysis) is 1. The minimum atomic E-state index is -1.03. The highest BCUT2D eigenvalue weighted by molar-refractivity contribution is 6.38. The highest BCUT2D eigenvalue weighted by Gasteiger charge is 2.70. The summed E-state index contributed by atoms with van der Waals surface area (Å²) in [5.74, 6) is -2.36. The molecule has 5 unspecified atom stereocenters. The molecule has 1 saturated carbocycles. The zero-order valence-electron chi connectivity index (χ0n) is 27.7. The SMILES string of the molecule is CCCC(NC(=O)C1C2C(CN1C(=O)C(NC(=O)OC(C)(C)C)C(C)(C)C)C2(C)C)C(=O)C(=O)NCC=Cc1ccccc1. The summed E-state index contributed by atoms with van der Waals surface area (Å²) in [5, 5.41) is 8.16. The zero-order valence-corrected chi connectivity index (χ0v) is 27.7. The number of hydrogen-bond donors (Lipinski definition) is 3. The van der Waals surface area contributed by atoms with Gasteiger partial charge in [-0.05, 0) is 55.4 Å². The molecule has 2 aliphatic rings. The number of benzene rings is 1. The fourth-order valence-electron chi connectivity index (χ4n) is 6.02. The van der Waals surface area contributed by atoms with E-state index in [0.29, 0.717) is 13.0 Å². The maximum atomic E-state index is 14.0. The van der Waals surface area contributed by atoms with E-state index in [4.69, 9.17) is 4.74 Å². The Labute approximate surface area is 261 Å². The summed E-state index contributed by atoms with van der Waals surface area (Å²) < 4.78 is 5.42. The molecule has 0 bridgehead atoms. The van der Waals surface area contributed by atoms with E-state index in [1.807, 2.05) is 64.1 Å². The lowest BCUT2D eigenvalue weighted by Gasteiger charge is -2.38. The van der Waals surface area contributed by atoms with E-state index in [1.54, 1.807) is 26.8 Å². The number of amides is 4. The van der Waals surface area contributed by atoms with Gasteiger partial charge in [-0.25, -0.2) is 4.79 Å². The molecule has 3 rings (SSSR count). The first kappa shape index (κ1) is 34.8. The summed E-state index contributed by atoms with van der Waals surface area (Å²) in [4.78, 5) is 68.1. The number of ketones is 1. The van der Waals surface area contributed by atoms with Crippen molar-refractivity contribution in [3.05, 3.63) is 42.0 Å². The number of fused-ring (bicyclic) bond motifs is 1. The van der Waals surface area contributed by atoms with E-state index in [9.17, 15) is 24.0 Å². The Morgan fingerprint density at radius 1 is 1.02 bits per heavy atom. The second-order valence-corrected chi connectivity index (χ2v) is 14.6. The maximum absolute atomic E-state index is 14.0. The minimum Gasteiger partial charge on any atom is -0.444 e. The first-order valence-corrected chi connectivity index (χ1v) is 15.5. The molecule has 0 radical (unpaired) electrons. The van der Waals surface area contributed by atoms with Crippen LogP contribution in [-0.4, -0.2) is 71.3 Å². The van der Waals surface area contributed by atoms with Gasteiger partial charge in [0.05, 0.1) is 6.04 Å². The molecule has 1 aliphatic carbocycles. The molecule has 1 aromatic carbocycles. The Hall–Kier alpha value is -3.69. The second kappa shape index (κ2) is 13.5. The number of rotatable bonds is 11. The van der Waals surface area contributed by atoms with Gasteiger partial charge in [0.25, 0.3) is 5.91 Å². The lowest BCUT2D eigenvalue weighted by atomic mass is 9.85. The van der Waals surface area contributed by atoms with Crippen LogP contribution in [0.25, 0.3) is 6.08 Å². The van der Waals surface area contributed by atoms with Gasteiger partial charge < -0.3 is 25.6 Å². The Kier molecular flexibility index (Phi) is 10.7. The fourth-order valence-corrected chi connectivity index (χ4v) is 6.02. The van der Waals surface area contributed by atoms with Crippen LogP contribution in [0.15, 0.2) is 36.4 Å². The molecule has 0 aromatic heterocycles.